The first-order chi connectivity index (χ1) is 24.2. The second-order valence-corrected chi connectivity index (χ2v) is 14.0. The molecule has 2 unspecified atom stereocenters. The van der Waals surface area contributed by atoms with Gasteiger partial charge in [0.05, 0.1) is 24.9 Å². The molecule has 3 aromatic rings. The number of isocyanates is 4. The first-order valence-corrected chi connectivity index (χ1v) is 20.2. The molecule has 12 nitrogen and oxygen atoms in total. The van der Waals surface area contributed by atoms with Crippen LogP contribution in [-0.2, 0) is 30.3 Å². The van der Waals surface area contributed by atoms with Crippen molar-refractivity contribution in [2.24, 2.45) is 20.0 Å². The number of unbranched alkanes of at least 4 members (excludes halogenated alkanes) is 3. The molecule has 0 spiro atoms. The summed E-state index contributed by atoms with van der Waals surface area (Å²) < 4.78 is 22.1. The molecule has 2 atom stereocenters. The van der Waals surface area contributed by atoms with Crippen LogP contribution in [0.25, 0.3) is 0 Å². The average molecular weight is 1040 g/mol. The van der Waals surface area contributed by atoms with Crippen LogP contribution in [0.1, 0.15) is 39.6 Å². The highest BCUT2D eigenvalue weighted by atomic mass is 127. The molecule has 3 rings (SSSR count). The van der Waals surface area contributed by atoms with Crippen molar-refractivity contribution in [3.63, 3.8) is 0 Å². The Morgan fingerprint density at radius 2 is 1.33 bits per heavy atom. The Bertz CT molecular complexity index is 1620. The van der Waals surface area contributed by atoms with Gasteiger partial charge in [-0.15, -0.1) is 38.2 Å². The third kappa shape index (κ3) is 30.6. The van der Waals surface area contributed by atoms with Crippen molar-refractivity contribution in [1.82, 2.24) is 0 Å². The molecule has 49 heavy (non-hydrogen) atoms. The highest BCUT2D eigenvalue weighted by molar-refractivity contribution is 14.2. The fourth-order valence-corrected chi connectivity index (χ4v) is 3.31. The number of rotatable bonds is 13. The van der Waals surface area contributed by atoms with Crippen molar-refractivity contribution < 1.29 is 31.4 Å². The van der Waals surface area contributed by atoms with Gasteiger partial charge in [-0.1, -0.05) is 75.3 Å². The SMILES string of the molecule is I.N#COCCCCCCN=C=O.N#COc1cccc(Cc2cccc(N=C=O)c2)c1.O=C=Nc1ccc(N=C=O)cc1.[2H]CI.[2H]P(P)I.[HH]. The standard InChI is InChI=1S/C15H10N2O2.C8H4N2O2.C8H12N2O2.CH3I.H3IP2.HI.H2/c16-10-19-15-6-2-4-13(9-15)7-12-3-1-5-14(8-12)17-11-18;11-5-9-7-1-2-8(4-3-7)10-6-12;9-7-12-6-4-2-1-3-5-10-8-11;1-2;1-3-2;;/h1-6,8-9H,7H2;1-4H;1-6H2;1H3;3H,2H2;2*1H/i;;;1D;3D;;. The zero-order valence-corrected chi connectivity index (χ0v) is 34.6. The Kier molecular flexibility index (Phi) is 36.7. The minimum atomic E-state index is -0.484. The van der Waals surface area contributed by atoms with Crippen LogP contribution in [-0.4, -0.2) is 43.7 Å². The number of nitriles is 2. The number of benzene rings is 3. The number of ether oxygens (including phenoxy) is 2. The van der Waals surface area contributed by atoms with Crippen molar-refractivity contribution in [2.45, 2.75) is 32.1 Å². The van der Waals surface area contributed by atoms with E-state index in [1.54, 1.807) is 55.0 Å². The molecular formula is C32H35I3N6O6P2. The van der Waals surface area contributed by atoms with Crippen LogP contribution in [0.3, 0.4) is 0 Å². The monoisotopic (exact) mass is 1040 g/mol. The van der Waals surface area contributed by atoms with E-state index in [1.165, 1.54) is 24.3 Å². The van der Waals surface area contributed by atoms with Crippen LogP contribution in [0.2, 0.25) is 0 Å². The highest BCUT2D eigenvalue weighted by Gasteiger charge is 2.00. The normalized spacial score (nSPS) is 9.24. The number of hydrogen-bond donors (Lipinski definition) is 0. The lowest BCUT2D eigenvalue weighted by atomic mass is 10.0. The molecule has 0 N–H and O–H groups in total. The summed E-state index contributed by atoms with van der Waals surface area (Å²) in [5, 5.41) is 16.5. The largest absolute Gasteiger partial charge is 0.428 e. The summed E-state index contributed by atoms with van der Waals surface area (Å²) >= 11 is 3.99. The average Bonchev–Trinajstić information content (AvgIpc) is 3.09. The van der Waals surface area contributed by atoms with Crippen molar-refractivity contribution >= 4 is 125 Å². The predicted molar refractivity (Wildman–Crippen MR) is 224 cm³/mol. The van der Waals surface area contributed by atoms with Crippen molar-refractivity contribution in [3.8, 4) is 18.3 Å². The Labute approximate surface area is 337 Å². The summed E-state index contributed by atoms with van der Waals surface area (Å²) in [7, 11) is 2.38. The lowest BCUT2D eigenvalue weighted by Gasteiger charge is -2.04. The first kappa shape index (κ1) is 45.8. The Morgan fingerprint density at radius 1 is 0.816 bits per heavy atom. The molecular weight excluding hydrogens is 1010 g/mol. The lowest BCUT2D eigenvalue weighted by molar-refractivity contribution is 0.260. The van der Waals surface area contributed by atoms with Gasteiger partial charge in [0.15, 0.2) is 0 Å². The number of halogens is 3. The third-order valence-electron chi connectivity index (χ3n) is 5.15. The van der Waals surface area contributed by atoms with E-state index in [1.807, 2.05) is 75.0 Å². The van der Waals surface area contributed by atoms with Gasteiger partial charge in [0.1, 0.15) is 12.4 Å². The van der Waals surface area contributed by atoms with E-state index in [4.69, 9.17) is 17.9 Å². The maximum Gasteiger partial charge on any atom is 0.292 e. The van der Waals surface area contributed by atoms with Gasteiger partial charge in [-0.2, -0.15) is 20.2 Å². The van der Waals surface area contributed by atoms with Crippen molar-refractivity contribution in [3.05, 3.63) is 83.9 Å². The minimum Gasteiger partial charge on any atom is -0.428 e. The molecule has 0 aliphatic carbocycles. The zero-order chi connectivity index (χ0) is 37.7. The Hall–Kier alpha value is -3.19. The zero-order valence-electron chi connectivity index (χ0n) is 27.9. The second-order valence-electron chi connectivity index (χ2n) is 8.24. The van der Waals surface area contributed by atoms with Crippen LogP contribution >= 0.6 is 83.4 Å². The fourth-order valence-electron chi connectivity index (χ4n) is 3.31. The van der Waals surface area contributed by atoms with Gasteiger partial charge >= 0.3 is 0 Å². The quantitative estimate of drug-likeness (QED) is 0.0308. The second kappa shape index (κ2) is 39.3. The molecule has 260 valence electrons. The molecule has 0 saturated carbocycles. The molecule has 0 bridgehead atoms. The summed E-state index contributed by atoms with van der Waals surface area (Å²) in [6.45, 7) is 1.05. The molecule has 0 saturated heterocycles. The van der Waals surface area contributed by atoms with Gasteiger partial charge < -0.3 is 9.47 Å². The van der Waals surface area contributed by atoms with E-state index in [2.05, 4.69) is 33.6 Å². The molecule has 0 heterocycles. The summed E-state index contributed by atoms with van der Waals surface area (Å²) in [6, 6.07) is 20.9. The fraction of sp³-hybridized carbons (Fsp3) is 0.250. The Balaban J connectivity index is -0.000000308. The van der Waals surface area contributed by atoms with Gasteiger partial charge in [0.2, 0.25) is 24.3 Å². The summed E-state index contributed by atoms with van der Waals surface area (Å²) in [4.78, 5) is 53.7. The van der Waals surface area contributed by atoms with Crippen LogP contribution in [0.15, 0.2) is 92.8 Å². The van der Waals surface area contributed by atoms with E-state index >= 15 is 0 Å². The van der Waals surface area contributed by atoms with Gasteiger partial charge in [-0.3, -0.25) is 0 Å². The number of hydrogen-bond acceptors (Lipinski definition) is 12. The summed E-state index contributed by atoms with van der Waals surface area (Å²) in [5.74, 6) is 0.0321. The molecule has 0 fully saturated rings. The van der Waals surface area contributed by atoms with Gasteiger partial charge in [-0.05, 0) is 96.1 Å². The van der Waals surface area contributed by atoms with E-state index in [9.17, 15) is 19.2 Å². The summed E-state index contributed by atoms with van der Waals surface area (Å²) in [6.07, 6.45) is 13.6. The van der Waals surface area contributed by atoms with E-state index in [-0.39, 0.29) is 25.4 Å². The molecule has 0 aromatic heterocycles. The first-order valence-electron chi connectivity index (χ1n) is 14.6. The number of nitrogens with zero attached hydrogens (tertiary/aromatic N) is 6. The number of carbonyl (C=O) groups excluding carboxylic acids is 4. The molecule has 3 aromatic carbocycles. The molecule has 0 aliphatic rings. The van der Waals surface area contributed by atoms with Crippen LogP contribution in [0.4, 0.5) is 17.1 Å². The van der Waals surface area contributed by atoms with Crippen LogP contribution in [0, 0.1) is 23.0 Å². The number of aliphatic imine (C=N–C) groups is 4. The minimum absolute atomic E-state index is 0. The molecule has 0 amide bonds. The molecule has 0 aliphatic heterocycles. The smallest absolute Gasteiger partial charge is 0.292 e. The summed E-state index contributed by atoms with van der Waals surface area (Å²) in [5.41, 5.74) is 3.58. The lowest BCUT2D eigenvalue weighted by Crippen LogP contribution is -1.89. The van der Waals surface area contributed by atoms with Crippen molar-refractivity contribution in [2.75, 3.05) is 18.1 Å². The van der Waals surface area contributed by atoms with Gasteiger partial charge in [0, 0.05) is 2.80 Å². The maximum absolute atomic E-state index is 10.2. The highest BCUT2D eigenvalue weighted by Crippen LogP contribution is 2.28. The predicted octanol–water partition coefficient (Wildman–Crippen LogP) is 9.83. The van der Waals surface area contributed by atoms with E-state index < -0.39 is 5.86 Å². The van der Waals surface area contributed by atoms with E-state index in [0.29, 0.717) is 47.3 Å². The maximum atomic E-state index is 10.2. The van der Waals surface area contributed by atoms with Crippen LogP contribution in [0.5, 0.6) is 5.75 Å². The Morgan fingerprint density at radius 3 is 1.84 bits per heavy atom. The molecule has 17 heteroatoms. The van der Waals surface area contributed by atoms with E-state index in [0.717, 1.165) is 36.8 Å². The van der Waals surface area contributed by atoms with Crippen molar-refractivity contribution in [1.29, 1.82) is 11.8 Å². The third-order valence-corrected chi connectivity index (χ3v) is 5.15. The topological polar surface area (TPSA) is 184 Å². The number of alkyl halides is 1. The van der Waals surface area contributed by atoms with Crippen LogP contribution < -0.4 is 4.74 Å². The van der Waals surface area contributed by atoms with Gasteiger partial charge in [0.25, 0.3) is 12.5 Å². The van der Waals surface area contributed by atoms with Gasteiger partial charge in [-0.25, -0.2) is 24.2 Å². The molecule has 0 radical (unpaired) electrons.